The van der Waals surface area contributed by atoms with Crippen LogP contribution in [-0.2, 0) is 16.1 Å². The molecule has 2 rings (SSSR count). The molecule has 1 aromatic carbocycles. The van der Waals surface area contributed by atoms with Crippen molar-refractivity contribution in [3.63, 3.8) is 0 Å². The number of carbonyl (C=O) groups is 1. The molecule has 0 saturated heterocycles. The molecule has 4 heteroatoms. The SMILES string of the molecule is O=C(O)CCCC=CC[C@@H]1[C@@H](COCc2ccccc2)CC[C@@H]1O. The zero-order chi connectivity index (χ0) is 17.2. The van der Waals surface area contributed by atoms with E-state index in [9.17, 15) is 9.90 Å². The molecule has 0 unspecified atom stereocenters. The van der Waals surface area contributed by atoms with Gasteiger partial charge in [0.05, 0.1) is 19.3 Å². The quantitative estimate of drug-likeness (QED) is 0.505. The van der Waals surface area contributed by atoms with Crippen molar-refractivity contribution in [1.82, 2.24) is 0 Å². The first-order valence-corrected chi connectivity index (χ1v) is 8.83. The van der Waals surface area contributed by atoms with Crippen molar-refractivity contribution >= 4 is 5.97 Å². The summed E-state index contributed by atoms with van der Waals surface area (Å²) in [5, 5.41) is 18.8. The highest BCUT2D eigenvalue weighted by Crippen LogP contribution is 2.35. The first kappa shape index (κ1) is 18.7. The number of hydrogen-bond donors (Lipinski definition) is 2. The lowest BCUT2D eigenvalue weighted by Gasteiger charge is -2.20. The second-order valence-electron chi connectivity index (χ2n) is 6.56. The molecule has 0 aromatic heterocycles. The number of ether oxygens (including phenoxy) is 1. The summed E-state index contributed by atoms with van der Waals surface area (Å²) in [4.78, 5) is 10.5. The Hall–Kier alpha value is -1.65. The first-order chi connectivity index (χ1) is 11.7. The third kappa shape index (κ3) is 6.46. The predicted octanol–water partition coefficient (Wildman–Crippen LogP) is 3.79. The van der Waals surface area contributed by atoms with Gasteiger partial charge >= 0.3 is 5.97 Å². The van der Waals surface area contributed by atoms with Crippen LogP contribution in [0.4, 0.5) is 0 Å². The number of unbranched alkanes of at least 4 members (excludes halogenated alkanes) is 1. The molecule has 3 atom stereocenters. The number of aliphatic carboxylic acids is 1. The number of hydrogen-bond acceptors (Lipinski definition) is 3. The molecule has 1 aliphatic carbocycles. The van der Waals surface area contributed by atoms with E-state index in [4.69, 9.17) is 9.84 Å². The maximum absolute atomic E-state index is 10.5. The van der Waals surface area contributed by atoms with Crippen LogP contribution in [-0.4, -0.2) is 28.9 Å². The van der Waals surface area contributed by atoms with E-state index in [1.54, 1.807) is 0 Å². The monoisotopic (exact) mass is 332 g/mol. The third-order valence-electron chi connectivity index (χ3n) is 4.71. The highest BCUT2D eigenvalue weighted by molar-refractivity contribution is 5.66. The van der Waals surface area contributed by atoms with Gasteiger partial charge in [0.25, 0.3) is 0 Å². The van der Waals surface area contributed by atoms with Gasteiger partial charge in [-0.3, -0.25) is 4.79 Å². The molecule has 132 valence electrons. The summed E-state index contributed by atoms with van der Waals surface area (Å²) < 4.78 is 5.85. The lowest BCUT2D eigenvalue weighted by Crippen LogP contribution is -2.22. The Labute approximate surface area is 144 Å². The summed E-state index contributed by atoms with van der Waals surface area (Å²) in [5.74, 6) is -0.103. The highest BCUT2D eigenvalue weighted by Gasteiger charge is 2.33. The summed E-state index contributed by atoms with van der Waals surface area (Å²) in [6.45, 7) is 1.30. The lowest BCUT2D eigenvalue weighted by atomic mass is 9.92. The Morgan fingerprint density at radius 1 is 1.21 bits per heavy atom. The zero-order valence-corrected chi connectivity index (χ0v) is 14.1. The van der Waals surface area contributed by atoms with Crippen LogP contribution in [0.1, 0.15) is 44.1 Å². The van der Waals surface area contributed by atoms with Gasteiger partial charge in [-0.2, -0.15) is 0 Å². The molecule has 0 heterocycles. The van der Waals surface area contributed by atoms with Crippen LogP contribution < -0.4 is 0 Å². The van der Waals surface area contributed by atoms with Gasteiger partial charge in [-0.1, -0.05) is 42.5 Å². The van der Waals surface area contributed by atoms with Gasteiger partial charge in [0, 0.05) is 6.42 Å². The molecule has 0 radical (unpaired) electrons. The Morgan fingerprint density at radius 3 is 2.75 bits per heavy atom. The van der Waals surface area contributed by atoms with E-state index >= 15 is 0 Å². The number of rotatable bonds is 10. The maximum Gasteiger partial charge on any atom is 0.303 e. The molecule has 1 saturated carbocycles. The number of aliphatic hydroxyl groups is 1. The fourth-order valence-corrected chi connectivity index (χ4v) is 3.33. The minimum absolute atomic E-state index is 0.215. The van der Waals surface area contributed by atoms with Gasteiger partial charge in [0.2, 0.25) is 0 Å². The topological polar surface area (TPSA) is 66.8 Å². The van der Waals surface area contributed by atoms with Crippen molar-refractivity contribution in [1.29, 1.82) is 0 Å². The van der Waals surface area contributed by atoms with Crippen LogP contribution in [0.25, 0.3) is 0 Å². The summed E-state index contributed by atoms with van der Waals surface area (Å²) in [6.07, 6.45) is 8.23. The van der Waals surface area contributed by atoms with Crippen molar-refractivity contribution in [2.45, 2.75) is 51.2 Å². The summed E-state index contributed by atoms with van der Waals surface area (Å²) in [5.41, 5.74) is 1.17. The van der Waals surface area contributed by atoms with E-state index in [0.29, 0.717) is 25.6 Å². The fourth-order valence-electron chi connectivity index (χ4n) is 3.33. The fraction of sp³-hybridized carbons (Fsp3) is 0.550. The van der Waals surface area contributed by atoms with Crippen molar-refractivity contribution < 1.29 is 19.7 Å². The molecule has 0 amide bonds. The average Bonchev–Trinajstić information content (AvgIpc) is 2.92. The molecule has 0 aliphatic heterocycles. The Kier molecular flexibility index (Phi) is 7.99. The molecule has 1 aliphatic rings. The lowest BCUT2D eigenvalue weighted by molar-refractivity contribution is -0.137. The molecule has 0 bridgehead atoms. The molecule has 24 heavy (non-hydrogen) atoms. The highest BCUT2D eigenvalue weighted by atomic mass is 16.5. The molecule has 4 nitrogen and oxygen atoms in total. The predicted molar refractivity (Wildman–Crippen MR) is 93.6 cm³/mol. The van der Waals surface area contributed by atoms with Gasteiger partial charge in [-0.05, 0) is 49.5 Å². The van der Waals surface area contributed by atoms with Crippen molar-refractivity contribution in [3.8, 4) is 0 Å². The van der Waals surface area contributed by atoms with Crippen molar-refractivity contribution in [3.05, 3.63) is 48.0 Å². The standard InChI is InChI=1S/C20H28O4/c21-19-13-12-17(15-24-14-16-8-4-3-5-9-16)18(19)10-6-1-2-7-11-20(22)23/h1,3-6,8-9,17-19,21H,2,7,10-15H2,(H,22,23)/t17-,18-,19+/m1/s1. The Bertz CT molecular complexity index is 512. The van der Waals surface area contributed by atoms with Gasteiger partial charge in [0.15, 0.2) is 0 Å². The first-order valence-electron chi connectivity index (χ1n) is 8.83. The largest absolute Gasteiger partial charge is 0.481 e. The Balaban J connectivity index is 1.69. The third-order valence-corrected chi connectivity index (χ3v) is 4.71. The summed E-state index contributed by atoms with van der Waals surface area (Å²) in [7, 11) is 0. The van der Waals surface area contributed by atoms with Crippen molar-refractivity contribution in [2.24, 2.45) is 11.8 Å². The number of benzene rings is 1. The molecule has 0 spiro atoms. The second-order valence-corrected chi connectivity index (χ2v) is 6.56. The molecular weight excluding hydrogens is 304 g/mol. The van der Waals surface area contributed by atoms with Crippen LogP contribution in [0.2, 0.25) is 0 Å². The van der Waals surface area contributed by atoms with Gasteiger partial charge < -0.3 is 14.9 Å². The van der Waals surface area contributed by atoms with Gasteiger partial charge in [-0.25, -0.2) is 0 Å². The van der Waals surface area contributed by atoms with E-state index in [0.717, 1.165) is 25.7 Å². The van der Waals surface area contributed by atoms with Crippen LogP contribution >= 0.6 is 0 Å². The van der Waals surface area contributed by atoms with E-state index in [1.807, 2.05) is 24.3 Å². The average molecular weight is 332 g/mol. The minimum atomic E-state index is -0.745. The molecule has 1 fully saturated rings. The van der Waals surface area contributed by atoms with Crippen LogP contribution in [0.15, 0.2) is 42.5 Å². The van der Waals surface area contributed by atoms with E-state index in [1.165, 1.54) is 5.56 Å². The normalized spacial score (nSPS) is 23.8. The minimum Gasteiger partial charge on any atom is -0.481 e. The van der Waals surface area contributed by atoms with Crippen molar-refractivity contribution in [2.75, 3.05) is 6.61 Å². The Morgan fingerprint density at radius 2 is 2.00 bits per heavy atom. The number of aliphatic hydroxyl groups excluding tert-OH is 1. The number of carboxylic acid groups (broad SMARTS) is 1. The van der Waals surface area contributed by atoms with E-state index < -0.39 is 5.97 Å². The number of carboxylic acids is 1. The molecule has 1 aromatic rings. The van der Waals surface area contributed by atoms with Crippen LogP contribution in [0.5, 0.6) is 0 Å². The summed E-state index contributed by atoms with van der Waals surface area (Å²) in [6, 6.07) is 10.1. The van der Waals surface area contributed by atoms with Gasteiger partial charge in [0.1, 0.15) is 0 Å². The second kappa shape index (κ2) is 10.3. The van der Waals surface area contributed by atoms with E-state index in [2.05, 4.69) is 18.2 Å². The summed E-state index contributed by atoms with van der Waals surface area (Å²) >= 11 is 0. The van der Waals surface area contributed by atoms with Crippen LogP contribution in [0.3, 0.4) is 0 Å². The molecule has 2 N–H and O–H groups in total. The van der Waals surface area contributed by atoms with Crippen LogP contribution in [0, 0.1) is 11.8 Å². The number of allylic oxidation sites excluding steroid dienone is 2. The maximum atomic E-state index is 10.5. The van der Waals surface area contributed by atoms with E-state index in [-0.39, 0.29) is 18.4 Å². The molecular formula is C20H28O4. The van der Waals surface area contributed by atoms with Gasteiger partial charge in [-0.15, -0.1) is 0 Å². The zero-order valence-electron chi connectivity index (χ0n) is 14.1. The smallest absolute Gasteiger partial charge is 0.303 e.